The van der Waals surface area contributed by atoms with Crippen LogP contribution in [0.2, 0.25) is 0 Å². The number of Topliss-reactive ketones (excluding diaryl/α,β-unsaturated/α-hetero) is 1. The molecule has 0 atom stereocenters. The number of carbonyl (C=O) groups is 1. The molecule has 0 spiro atoms. The Balaban J connectivity index is 2.44. The topological polar surface area (TPSA) is 17.1 Å². The molecule has 0 aliphatic carbocycles. The van der Waals surface area contributed by atoms with Crippen LogP contribution < -0.4 is 0 Å². The van der Waals surface area contributed by atoms with Gasteiger partial charge in [-0.2, -0.15) is 0 Å². The Morgan fingerprint density at radius 3 is 2.60 bits per heavy atom. The quantitative estimate of drug-likeness (QED) is 0.510. The van der Waals surface area contributed by atoms with Crippen LogP contribution in [0, 0.1) is 5.82 Å². The van der Waals surface area contributed by atoms with E-state index in [1.807, 2.05) is 0 Å². The summed E-state index contributed by atoms with van der Waals surface area (Å²) >= 11 is 0. The van der Waals surface area contributed by atoms with Gasteiger partial charge in [0, 0.05) is 6.42 Å². The Bertz CT molecular complexity index is 320. The fraction of sp³-hybridized carbons (Fsp3) is 0.462. The maximum Gasteiger partial charge on any atom is 0.165 e. The van der Waals surface area contributed by atoms with Crippen molar-refractivity contribution in [1.29, 1.82) is 0 Å². The van der Waals surface area contributed by atoms with E-state index in [-0.39, 0.29) is 11.3 Å². The Hall–Kier alpha value is -1.18. The summed E-state index contributed by atoms with van der Waals surface area (Å²) in [5, 5.41) is 0. The fourth-order valence-corrected chi connectivity index (χ4v) is 1.53. The molecular formula is C13H17FO. The summed E-state index contributed by atoms with van der Waals surface area (Å²) in [7, 11) is 0. The molecule has 0 amide bonds. The molecular weight excluding hydrogens is 191 g/mol. The summed E-state index contributed by atoms with van der Waals surface area (Å²) in [6.07, 6.45) is 4.66. The smallest absolute Gasteiger partial charge is 0.165 e. The van der Waals surface area contributed by atoms with Gasteiger partial charge in [0.15, 0.2) is 5.78 Å². The predicted molar refractivity (Wildman–Crippen MR) is 59.5 cm³/mol. The van der Waals surface area contributed by atoms with Gasteiger partial charge in [-0.25, -0.2) is 4.39 Å². The molecule has 82 valence electrons. The van der Waals surface area contributed by atoms with Crippen molar-refractivity contribution in [3.63, 3.8) is 0 Å². The monoisotopic (exact) mass is 208 g/mol. The first kappa shape index (κ1) is 11.9. The molecule has 2 heteroatoms. The number of carbonyl (C=O) groups excluding carboxylic acids is 1. The highest BCUT2D eigenvalue weighted by molar-refractivity contribution is 5.96. The molecule has 0 aliphatic heterocycles. The number of ketones is 1. The molecule has 15 heavy (non-hydrogen) atoms. The molecule has 0 radical (unpaired) electrons. The normalized spacial score (nSPS) is 10.3. The fourth-order valence-electron chi connectivity index (χ4n) is 1.53. The van der Waals surface area contributed by atoms with E-state index in [2.05, 4.69) is 6.92 Å². The second-order valence-corrected chi connectivity index (χ2v) is 3.71. The summed E-state index contributed by atoms with van der Waals surface area (Å²) in [5.74, 6) is -0.484. The van der Waals surface area contributed by atoms with Crippen molar-refractivity contribution in [3.8, 4) is 0 Å². The Kier molecular flexibility index (Phi) is 5.02. The zero-order valence-electron chi connectivity index (χ0n) is 9.13. The minimum Gasteiger partial charge on any atom is -0.294 e. The maximum absolute atomic E-state index is 13.2. The van der Waals surface area contributed by atoms with Crippen molar-refractivity contribution in [3.05, 3.63) is 35.6 Å². The van der Waals surface area contributed by atoms with Gasteiger partial charge in [0.25, 0.3) is 0 Å². The van der Waals surface area contributed by atoms with Gasteiger partial charge in [0.2, 0.25) is 0 Å². The first-order valence-electron chi connectivity index (χ1n) is 5.53. The van der Waals surface area contributed by atoms with Crippen LogP contribution in [0.1, 0.15) is 49.4 Å². The van der Waals surface area contributed by atoms with E-state index < -0.39 is 5.82 Å². The Morgan fingerprint density at radius 2 is 1.93 bits per heavy atom. The maximum atomic E-state index is 13.2. The van der Waals surface area contributed by atoms with Crippen molar-refractivity contribution in [2.45, 2.75) is 39.0 Å². The largest absolute Gasteiger partial charge is 0.294 e. The SMILES string of the molecule is CCCCCCC(=O)c1ccccc1F. The van der Waals surface area contributed by atoms with E-state index in [0.717, 1.165) is 25.7 Å². The van der Waals surface area contributed by atoms with Crippen LogP contribution in [-0.4, -0.2) is 5.78 Å². The predicted octanol–water partition coefficient (Wildman–Crippen LogP) is 3.98. The zero-order chi connectivity index (χ0) is 11.1. The lowest BCUT2D eigenvalue weighted by atomic mass is 10.0. The average molecular weight is 208 g/mol. The molecule has 0 unspecified atom stereocenters. The summed E-state index contributed by atoms with van der Waals surface area (Å²) in [4.78, 5) is 11.6. The molecule has 0 bridgehead atoms. The van der Waals surface area contributed by atoms with Gasteiger partial charge < -0.3 is 0 Å². The van der Waals surface area contributed by atoms with Crippen LogP contribution in [0.3, 0.4) is 0 Å². The third-order valence-corrected chi connectivity index (χ3v) is 2.43. The van der Waals surface area contributed by atoms with Crippen molar-refractivity contribution in [1.82, 2.24) is 0 Å². The van der Waals surface area contributed by atoms with Crippen LogP contribution in [0.25, 0.3) is 0 Å². The van der Waals surface area contributed by atoms with Gasteiger partial charge in [-0.05, 0) is 18.6 Å². The number of rotatable bonds is 6. The molecule has 1 aromatic carbocycles. The van der Waals surface area contributed by atoms with E-state index in [1.54, 1.807) is 18.2 Å². The van der Waals surface area contributed by atoms with Crippen molar-refractivity contribution >= 4 is 5.78 Å². The molecule has 1 aromatic rings. The average Bonchev–Trinajstić information content (AvgIpc) is 2.25. The Morgan fingerprint density at radius 1 is 1.20 bits per heavy atom. The first-order valence-corrected chi connectivity index (χ1v) is 5.53. The summed E-state index contributed by atoms with van der Waals surface area (Å²) in [6, 6.07) is 6.18. The van der Waals surface area contributed by atoms with E-state index in [4.69, 9.17) is 0 Å². The molecule has 0 saturated heterocycles. The number of hydrogen-bond donors (Lipinski definition) is 0. The van der Waals surface area contributed by atoms with Crippen LogP contribution in [0.15, 0.2) is 24.3 Å². The third-order valence-electron chi connectivity index (χ3n) is 2.43. The van der Waals surface area contributed by atoms with Gasteiger partial charge >= 0.3 is 0 Å². The van der Waals surface area contributed by atoms with E-state index in [9.17, 15) is 9.18 Å². The van der Waals surface area contributed by atoms with Gasteiger partial charge in [-0.1, -0.05) is 38.3 Å². The highest BCUT2D eigenvalue weighted by Gasteiger charge is 2.09. The number of unbranched alkanes of at least 4 members (excludes halogenated alkanes) is 3. The lowest BCUT2D eigenvalue weighted by Gasteiger charge is -2.01. The standard InChI is InChI=1S/C13H17FO/c1-2-3-4-5-10-13(15)11-8-6-7-9-12(11)14/h6-9H,2-5,10H2,1H3. The second-order valence-electron chi connectivity index (χ2n) is 3.71. The molecule has 0 saturated carbocycles. The third kappa shape index (κ3) is 3.82. The first-order chi connectivity index (χ1) is 7.25. The van der Waals surface area contributed by atoms with Crippen LogP contribution in [-0.2, 0) is 0 Å². The lowest BCUT2D eigenvalue weighted by molar-refractivity contribution is 0.0975. The van der Waals surface area contributed by atoms with Gasteiger partial charge in [-0.3, -0.25) is 4.79 Å². The number of halogens is 1. The molecule has 1 rings (SSSR count). The summed E-state index contributed by atoms with van der Waals surface area (Å²) in [5.41, 5.74) is 0.231. The molecule has 0 heterocycles. The minimum atomic E-state index is -0.405. The van der Waals surface area contributed by atoms with Gasteiger partial charge in [0.05, 0.1) is 5.56 Å². The van der Waals surface area contributed by atoms with Gasteiger partial charge in [-0.15, -0.1) is 0 Å². The van der Waals surface area contributed by atoms with E-state index >= 15 is 0 Å². The van der Waals surface area contributed by atoms with Gasteiger partial charge in [0.1, 0.15) is 5.82 Å². The highest BCUT2D eigenvalue weighted by Crippen LogP contribution is 2.12. The van der Waals surface area contributed by atoms with E-state index in [1.165, 1.54) is 6.07 Å². The van der Waals surface area contributed by atoms with Crippen LogP contribution in [0.4, 0.5) is 4.39 Å². The van der Waals surface area contributed by atoms with Crippen molar-refractivity contribution in [2.75, 3.05) is 0 Å². The lowest BCUT2D eigenvalue weighted by Crippen LogP contribution is -2.01. The zero-order valence-corrected chi connectivity index (χ0v) is 9.13. The van der Waals surface area contributed by atoms with Crippen molar-refractivity contribution < 1.29 is 9.18 Å². The minimum absolute atomic E-state index is 0.0794. The Labute approximate surface area is 90.3 Å². The molecule has 0 N–H and O–H groups in total. The molecule has 1 nitrogen and oxygen atoms in total. The second kappa shape index (κ2) is 6.33. The summed E-state index contributed by atoms with van der Waals surface area (Å²) in [6.45, 7) is 2.12. The number of benzene rings is 1. The van der Waals surface area contributed by atoms with Crippen LogP contribution >= 0.6 is 0 Å². The summed E-state index contributed by atoms with van der Waals surface area (Å²) < 4.78 is 13.2. The van der Waals surface area contributed by atoms with E-state index in [0.29, 0.717) is 6.42 Å². The highest BCUT2D eigenvalue weighted by atomic mass is 19.1. The van der Waals surface area contributed by atoms with Crippen LogP contribution in [0.5, 0.6) is 0 Å². The molecule has 0 aromatic heterocycles. The number of hydrogen-bond acceptors (Lipinski definition) is 1. The molecule has 0 fully saturated rings. The van der Waals surface area contributed by atoms with Crippen molar-refractivity contribution in [2.24, 2.45) is 0 Å². The molecule has 0 aliphatic rings.